The molecule has 0 aliphatic carbocycles. The number of carbonyl (C=O) groups excluding carboxylic acids is 1. The number of nitrogens with zero attached hydrogens (tertiary/aromatic N) is 1. The van der Waals surface area contributed by atoms with Gasteiger partial charge in [0.2, 0.25) is 5.91 Å². The van der Waals surface area contributed by atoms with Gasteiger partial charge < -0.3 is 15.4 Å². The lowest BCUT2D eigenvalue weighted by atomic mass is 10.1. The van der Waals surface area contributed by atoms with E-state index in [2.05, 4.69) is 29.4 Å². The molecule has 0 aromatic heterocycles. The van der Waals surface area contributed by atoms with Crippen LogP contribution >= 0.6 is 0 Å². The molecule has 0 unspecified atom stereocenters. The average molecular weight is 333 g/mol. The molecule has 1 aliphatic heterocycles. The molecule has 0 bridgehead atoms. The summed E-state index contributed by atoms with van der Waals surface area (Å²) in [7, 11) is 0. The standard InChI is InChI=1S/C19H31N3O2/c1-15(2)13-22-9-10-24-18(14-22)12-20-16(3)11-19(23)21-17-7-5-4-6-8-17/h4-8,15-16,18,20H,9-14H2,1-3H3,(H,21,23)/t16-,18-/m0/s1. The van der Waals surface area contributed by atoms with Crippen LogP contribution in [0.3, 0.4) is 0 Å². The highest BCUT2D eigenvalue weighted by molar-refractivity contribution is 5.90. The zero-order chi connectivity index (χ0) is 17.4. The summed E-state index contributed by atoms with van der Waals surface area (Å²) in [5.41, 5.74) is 0.842. The highest BCUT2D eigenvalue weighted by Gasteiger charge is 2.21. The Morgan fingerprint density at radius 3 is 2.75 bits per heavy atom. The molecule has 1 aliphatic rings. The van der Waals surface area contributed by atoms with Gasteiger partial charge in [0.1, 0.15) is 0 Å². The van der Waals surface area contributed by atoms with Crippen LogP contribution in [-0.2, 0) is 9.53 Å². The van der Waals surface area contributed by atoms with E-state index in [9.17, 15) is 4.79 Å². The van der Waals surface area contributed by atoms with E-state index in [0.29, 0.717) is 12.3 Å². The van der Waals surface area contributed by atoms with E-state index in [4.69, 9.17) is 4.74 Å². The van der Waals surface area contributed by atoms with E-state index >= 15 is 0 Å². The number of morpholine rings is 1. The number of amides is 1. The normalized spacial score (nSPS) is 20.1. The first kappa shape index (κ1) is 18.9. The number of hydrogen-bond acceptors (Lipinski definition) is 4. The molecular formula is C19H31N3O2. The number of para-hydroxylation sites is 1. The number of hydrogen-bond donors (Lipinski definition) is 2. The predicted octanol–water partition coefficient (Wildman–Crippen LogP) is 2.35. The predicted molar refractivity (Wildman–Crippen MR) is 98.2 cm³/mol. The minimum absolute atomic E-state index is 0.0344. The van der Waals surface area contributed by atoms with Gasteiger partial charge in [0, 0.05) is 44.3 Å². The third-order valence-electron chi connectivity index (χ3n) is 4.09. The smallest absolute Gasteiger partial charge is 0.225 e. The van der Waals surface area contributed by atoms with Crippen molar-refractivity contribution < 1.29 is 9.53 Å². The Balaban J connectivity index is 1.67. The van der Waals surface area contributed by atoms with Gasteiger partial charge in [-0.3, -0.25) is 9.69 Å². The van der Waals surface area contributed by atoms with E-state index in [-0.39, 0.29) is 18.1 Å². The third kappa shape index (κ3) is 6.99. The average Bonchev–Trinajstić information content (AvgIpc) is 2.53. The minimum atomic E-state index is 0.0344. The van der Waals surface area contributed by atoms with E-state index in [1.165, 1.54) is 0 Å². The molecule has 0 saturated carbocycles. The number of carbonyl (C=O) groups is 1. The molecule has 134 valence electrons. The van der Waals surface area contributed by atoms with Crippen LogP contribution in [0.25, 0.3) is 0 Å². The van der Waals surface area contributed by atoms with E-state index < -0.39 is 0 Å². The summed E-state index contributed by atoms with van der Waals surface area (Å²) in [6.07, 6.45) is 0.661. The number of ether oxygens (including phenoxy) is 1. The Morgan fingerprint density at radius 2 is 2.04 bits per heavy atom. The Bertz CT molecular complexity index is 493. The fourth-order valence-corrected chi connectivity index (χ4v) is 3.00. The van der Waals surface area contributed by atoms with Gasteiger partial charge in [-0.05, 0) is 25.0 Å². The number of nitrogens with one attached hydrogen (secondary N) is 2. The maximum atomic E-state index is 12.1. The molecule has 1 amide bonds. The van der Waals surface area contributed by atoms with Crippen LogP contribution in [0, 0.1) is 5.92 Å². The number of benzene rings is 1. The highest BCUT2D eigenvalue weighted by atomic mass is 16.5. The van der Waals surface area contributed by atoms with E-state index in [0.717, 1.165) is 38.5 Å². The maximum absolute atomic E-state index is 12.1. The quantitative estimate of drug-likeness (QED) is 0.767. The van der Waals surface area contributed by atoms with Gasteiger partial charge in [-0.25, -0.2) is 0 Å². The Labute approximate surface area is 145 Å². The van der Waals surface area contributed by atoms with E-state index in [1.807, 2.05) is 37.3 Å². The molecule has 0 spiro atoms. The van der Waals surface area contributed by atoms with Gasteiger partial charge in [0.25, 0.3) is 0 Å². The summed E-state index contributed by atoms with van der Waals surface area (Å²) in [6.45, 7) is 11.2. The summed E-state index contributed by atoms with van der Waals surface area (Å²) < 4.78 is 5.84. The summed E-state index contributed by atoms with van der Waals surface area (Å²) >= 11 is 0. The second-order valence-electron chi connectivity index (χ2n) is 7.07. The van der Waals surface area contributed by atoms with Crippen LogP contribution in [-0.4, -0.2) is 55.7 Å². The zero-order valence-electron chi connectivity index (χ0n) is 15.1. The monoisotopic (exact) mass is 333 g/mol. The summed E-state index contributed by atoms with van der Waals surface area (Å²) in [5, 5.41) is 6.35. The molecule has 1 saturated heterocycles. The molecule has 5 nitrogen and oxygen atoms in total. The van der Waals surface area contributed by atoms with Crippen molar-refractivity contribution in [2.75, 3.05) is 38.1 Å². The highest BCUT2D eigenvalue weighted by Crippen LogP contribution is 2.09. The maximum Gasteiger partial charge on any atom is 0.225 e. The molecule has 1 fully saturated rings. The lowest BCUT2D eigenvalue weighted by Crippen LogP contribution is -2.49. The largest absolute Gasteiger partial charge is 0.374 e. The zero-order valence-corrected chi connectivity index (χ0v) is 15.1. The summed E-state index contributed by atoms with van der Waals surface area (Å²) in [5.74, 6) is 0.713. The van der Waals surface area contributed by atoms with Gasteiger partial charge in [0.05, 0.1) is 12.7 Å². The Kier molecular flexibility index (Phi) is 7.69. The lowest BCUT2D eigenvalue weighted by molar-refractivity contribution is -0.116. The van der Waals surface area contributed by atoms with Crippen LogP contribution in [0.1, 0.15) is 27.2 Å². The fourth-order valence-electron chi connectivity index (χ4n) is 3.00. The summed E-state index contributed by atoms with van der Waals surface area (Å²) in [6, 6.07) is 9.69. The van der Waals surface area contributed by atoms with Crippen LogP contribution in [0.15, 0.2) is 30.3 Å². The van der Waals surface area contributed by atoms with Gasteiger partial charge in [-0.15, -0.1) is 0 Å². The van der Waals surface area contributed by atoms with E-state index in [1.54, 1.807) is 0 Å². The molecule has 1 aromatic carbocycles. The second kappa shape index (κ2) is 9.77. The van der Waals surface area contributed by atoms with Crippen LogP contribution in [0.4, 0.5) is 5.69 Å². The SMILES string of the molecule is CC(C)CN1CCO[C@@H](CN[C@@H](C)CC(=O)Nc2ccccc2)C1. The van der Waals surface area contributed by atoms with Gasteiger partial charge in [-0.2, -0.15) is 0 Å². The van der Waals surface area contributed by atoms with Gasteiger partial charge in [-0.1, -0.05) is 32.0 Å². The van der Waals surface area contributed by atoms with Crippen molar-refractivity contribution in [2.24, 2.45) is 5.92 Å². The molecule has 2 rings (SSSR count). The minimum Gasteiger partial charge on any atom is -0.374 e. The van der Waals surface area contributed by atoms with Gasteiger partial charge in [0.15, 0.2) is 0 Å². The molecule has 1 aromatic rings. The summed E-state index contributed by atoms with van der Waals surface area (Å²) in [4.78, 5) is 14.5. The Hall–Kier alpha value is -1.43. The first-order chi connectivity index (χ1) is 11.5. The van der Waals surface area contributed by atoms with Crippen molar-refractivity contribution >= 4 is 11.6 Å². The lowest BCUT2D eigenvalue weighted by Gasteiger charge is -2.34. The second-order valence-corrected chi connectivity index (χ2v) is 7.07. The van der Waals surface area contributed by atoms with Crippen LogP contribution in [0.2, 0.25) is 0 Å². The molecule has 0 radical (unpaired) electrons. The molecule has 5 heteroatoms. The first-order valence-electron chi connectivity index (χ1n) is 8.95. The molecule has 24 heavy (non-hydrogen) atoms. The number of anilines is 1. The molecule has 2 atom stereocenters. The Morgan fingerprint density at radius 1 is 1.29 bits per heavy atom. The van der Waals surface area contributed by atoms with Crippen molar-refractivity contribution in [1.29, 1.82) is 0 Å². The number of rotatable bonds is 8. The van der Waals surface area contributed by atoms with Crippen molar-refractivity contribution in [3.05, 3.63) is 30.3 Å². The molecule has 2 N–H and O–H groups in total. The topological polar surface area (TPSA) is 53.6 Å². The van der Waals surface area contributed by atoms with Crippen LogP contribution < -0.4 is 10.6 Å². The first-order valence-corrected chi connectivity index (χ1v) is 8.95. The van der Waals surface area contributed by atoms with Crippen LogP contribution in [0.5, 0.6) is 0 Å². The molecule has 1 heterocycles. The van der Waals surface area contributed by atoms with Gasteiger partial charge >= 0.3 is 0 Å². The fraction of sp³-hybridized carbons (Fsp3) is 0.632. The van der Waals surface area contributed by atoms with Crippen molar-refractivity contribution in [1.82, 2.24) is 10.2 Å². The molecular weight excluding hydrogens is 302 g/mol. The van der Waals surface area contributed by atoms with Crippen molar-refractivity contribution in [3.63, 3.8) is 0 Å². The van der Waals surface area contributed by atoms with Crippen molar-refractivity contribution in [3.8, 4) is 0 Å². The van der Waals surface area contributed by atoms with Crippen molar-refractivity contribution in [2.45, 2.75) is 39.3 Å². The third-order valence-corrected chi connectivity index (χ3v) is 4.09.